The molecular formula is C25H28ClN5O2. The molecule has 33 heavy (non-hydrogen) atoms. The van der Waals surface area contributed by atoms with Crippen molar-refractivity contribution >= 4 is 23.2 Å². The highest BCUT2D eigenvalue weighted by Crippen LogP contribution is 2.36. The molecule has 3 heterocycles. The van der Waals surface area contributed by atoms with Gasteiger partial charge in [-0.3, -0.25) is 14.4 Å². The molecule has 3 aromatic rings. The van der Waals surface area contributed by atoms with Crippen LogP contribution in [0.2, 0.25) is 5.02 Å². The Balaban J connectivity index is 1.06. The smallest absolute Gasteiger partial charge is 0.241 e. The number of para-hydroxylation sites is 1. The van der Waals surface area contributed by atoms with Crippen molar-refractivity contribution in [3.8, 4) is 17.0 Å². The van der Waals surface area contributed by atoms with E-state index in [-0.39, 0.29) is 12.5 Å². The zero-order chi connectivity index (χ0) is 22.6. The van der Waals surface area contributed by atoms with Crippen molar-refractivity contribution in [1.29, 1.82) is 0 Å². The molecule has 5 rings (SSSR count). The van der Waals surface area contributed by atoms with Gasteiger partial charge in [0.25, 0.3) is 0 Å². The quantitative estimate of drug-likeness (QED) is 0.542. The third kappa shape index (κ3) is 4.99. The van der Waals surface area contributed by atoms with Gasteiger partial charge in [-0.05, 0) is 43.3 Å². The molecule has 2 aromatic carbocycles. The van der Waals surface area contributed by atoms with E-state index in [2.05, 4.69) is 26.3 Å². The maximum atomic E-state index is 12.6. The van der Waals surface area contributed by atoms with Crippen molar-refractivity contribution in [2.24, 2.45) is 0 Å². The Bertz CT molecular complexity index is 1120. The Hall–Kier alpha value is -3.03. The zero-order valence-corrected chi connectivity index (χ0v) is 19.3. The average molecular weight is 466 g/mol. The van der Waals surface area contributed by atoms with Crippen molar-refractivity contribution in [2.45, 2.75) is 19.6 Å². The lowest BCUT2D eigenvalue weighted by Gasteiger charge is -2.36. The fourth-order valence-electron chi connectivity index (χ4n) is 4.53. The van der Waals surface area contributed by atoms with E-state index in [0.717, 1.165) is 66.7 Å². The first-order chi connectivity index (χ1) is 16.2. The maximum Gasteiger partial charge on any atom is 0.241 e. The number of hydrogen-bond donors (Lipinski definition) is 1. The van der Waals surface area contributed by atoms with Crippen LogP contribution in [0.4, 0.5) is 5.69 Å². The standard InChI is InChI=1S/C25H28ClN5O2/c26-20-5-3-6-21(15-20)30-13-11-29(12-14-30)10-4-9-27-24(32)17-31-25-19(16-28-31)18-33-23-8-2-1-7-22(23)25/h1-3,5-8,15-16H,4,9-14,17-18H2,(H,27,32). The monoisotopic (exact) mass is 465 g/mol. The van der Waals surface area contributed by atoms with E-state index in [1.54, 1.807) is 10.9 Å². The van der Waals surface area contributed by atoms with Gasteiger partial charge in [0.1, 0.15) is 18.9 Å². The highest BCUT2D eigenvalue weighted by molar-refractivity contribution is 6.30. The summed E-state index contributed by atoms with van der Waals surface area (Å²) < 4.78 is 7.55. The first-order valence-electron chi connectivity index (χ1n) is 11.4. The second-order valence-electron chi connectivity index (χ2n) is 8.47. The number of carbonyl (C=O) groups is 1. The van der Waals surface area contributed by atoms with Crippen LogP contribution in [0, 0.1) is 0 Å². The lowest BCUT2D eigenvalue weighted by Crippen LogP contribution is -2.47. The van der Waals surface area contributed by atoms with Gasteiger partial charge in [0.05, 0.1) is 11.9 Å². The molecule has 0 spiro atoms. The number of amides is 1. The van der Waals surface area contributed by atoms with E-state index in [9.17, 15) is 4.79 Å². The molecule has 1 aromatic heterocycles. The first kappa shape index (κ1) is 21.8. The number of piperazine rings is 1. The number of ether oxygens (including phenoxy) is 1. The summed E-state index contributed by atoms with van der Waals surface area (Å²) in [4.78, 5) is 17.4. The summed E-state index contributed by atoms with van der Waals surface area (Å²) in [6, 6.07) is 15.9. The highest BCUT2D eigenvalue weighted by Gasteiger charge is 2.23. The predicted molar refractivity (Wildman–Crippen MR) is 130 cm³/mol. The van der Waals surface area contributed by atoms with E-state index in [4.69, 9.17) is 16.3 Å². The Morgan fingerprint density at radius 3 is 2.79 bits per heavy atom. The second kappa shape index (κ2) is 9.85. The topological polar surface area (TPSA) is 62.6 Å². The number of aromatic nitrogens is 2. The molecule has 1 amide bonds. The van der Waals surface area contributed by atoms with Crippen LogP contribution in [0.3, 0.4) is 0 Å². The Kier molecular flexibility index (Phi) is 6.51. The van der Waals surface area contributed by atoms with Crippen molar-refractivity contribution < 1.29 is 9.53 Å². The predicted octanol–water partition coefficient (Wildman–Crippen LogP) is 3.42. The van der Waals surface area contributed by atoms with Gasteiger partial charge in [0.15, 0.2) is 0 Å². The number of nitrogens with one attached hydrogen (secondary N) is 1. The lowest BCUT2D eigenvalue weighted by atomic mass is 10.0. The molecule has 8 heteroatoms. The summed E-state index contributed by atoms with van der Waals surface area (Å²) in [6.07, 6.45) is 2.72. The van der Waals surface area contributed by atoms with E-state index < -0.39 is 0 Å². The number of halogens is 1. The zero-order valence-electron chi connectivity index (χ0n) is 18.5. The van der Waals surface area contributed by atoms with Crippen molar-refractivity contribution in [3.05, 3.63) is 65.3 Å². The number of hydrogen-bond acceptors (Lipinski definition) is 5. The largest absolute Gasteiger partial charge is 0.488 e. The number of carbonyl (C=O) groups excluding carboxylic acids is 1. The van der Waals surface area contributed by atoms with Crippen LogP contribution < -0.4 is 15.0 Å². The maximum absolute atomic E-state index is 12.6. The molecule has 1 fully saturated rings. The van der Waals surface area contributed by atoms with Gasteiger partial charge in [0.2, 0.25) is 5.91 Å². The van der Waals surface area contributed by atoms with Gasteiger partial charge in [0, 0.05) is 54.6 Å². The third-order valence-electron chi connectivity index (χ3n) is 6.25. The van der Waals surface area contributed by atoms with Crippen LogP contribution in [-0.2, 0) is 17.9 Å². The van der Waals surface area contributed by atoms with Crippen LogP contribution in [0.15, 0.2) is 54.7 Å². The minimum Gasteiger partial charge on any atom is -0.488 e. The van der Waals surface area contributed by atoms with Crippen molar-refractivity contribution in [1.82, 2.24) is 20.0 Å². The summed E-state index contributed by atoms with van der Waals surface area (Å²) >= 11 is 6.12. The number of anilines is 1. The van der Waals surface area contributed by atoms with Gasteiger partial charge in [-0.25, -0.2) is 0 Å². The SMILES string of the molecule is O=C(Cn1ncc2c1-c1ccccc1OC2)NCCCN1CCN(c2cccc(Cl)c2)CC1. The molecule has 172 valence electrons. The molecule has 7 nitrogen and oxygen atoms in total. The summed E-state index contributed by atoms with van der Waals surface area (Å²) in [7, 11) is 0. The van der Waals surface area contributed by atoms with E-state index in [1.807, 2.05) is 42.5 Å². The van der Waals surface area contributed by atoms with Crippen molar-refractivity contribution in [3.63, 3.8) is 0 Å². The molecule has 0 unspecified atom stereocenters. The average Bonchev–Trinajstić information content (AvgIpc) is 3.25. The molecule has 0 aliphatic carbocycles. The summed E-state index contributed by atoms with van der Waals surface area (Å²) in [5.41, 5.74) is 4.16. The van der Waals surface area contributed by atoms with Gasteiger partial charge >= 0.3 is 0 Å². The summed E-state index contributed by atoms with van der Waals surface area (Å²) in [5, 5.41) is 8.26. The first-order valence-corrected chi connectivity index (χ1v) is 11.8. The fourth-order valence-corrected chi connectivity index (χ4v) is 4.71. The number of rotatable bonds is 7. The van der Waals surface area contributed by atoms with Crippen LogP contribution in [0.25, 0.3) is 11.3 Å². The molecule has 2 aliphatic heterocycles. The van der Waals surface area contributed by atoms with Crippen molar-refractivity contribution in [2.75, 3.05) is 44.2 Å². The lowest BCUT2D eigenvalue weighted by molar-refractivity contribution is -0.121. The molecule has 1 N–H and O–H groups in total. The molecule has 0 atom stereocenters. The Labute approximate surface area is 198 Å². The van der Waals surface area contributed by atoms with Gasteiger partial charge in [-0.2, -0.15) is 5.10 Å². The van der Waals surface area contributed by atoms with E-state index >= 15 is 0 Å². The van der Waals surface area contributed by atoms with Crippen LogP contribution in [0.5, 0.6) is 5.75 Å². The molecular weight excluding hydrogens is 438 g/mol. The van der Waals surface area contributed by atoms with Gasteiger partial charge in [-0.1, -0.05) is 29.8 Å². The van der Waals surface area contributed by atoms with Crippen LogP contribution in [0.1, 0.15) is 12.0 Å². The minimum absolute atomic E-state index is 0.0179. The van der Waals surface area contributed by atoms with E-state index in [1.165, 1.54) is 5.69 Å². The molecule has 0 saturated carbocycles. The fraction of sp³-hybridized carbons (Fsp3) is 0.360. The molecule has 0 radical (unpaired) electrons. The molecule has 1 saturated heterocycles. The summed E-state index contributed by atoms with van der Waals surface area (Å²) in [5.74, 6) is 0.818. The summed E-state index contributed by atoms with van der Waals surface area (Å²) in [6.45, 7) is 6.34. The second-order valence-corrected chi connectivity index (χ2v) is 8.91. The Morgan fingerprint density at radius 1 is 1.09 bits per heavy atom. The van der Waals surface area contributed by atoms with Crippen LogP contribution in [-0.4, -0.2) is 59.9 Å². The normalized spacial score (nSPS) is 15.5. The molecule has 0 bridgehead atoms. The number of fused-ring (bicyclic) bond motifs is 3. The van der Waals surface area contributed by atoms with Gasteiger partial charge in [-0.15, -0.1) is 0 Å². The Morgan fingerprint density at radius 2 is 1.94 bits per heavy atom. The van der Waals surface area contributed by atoms with Gasteiger partial charge < -0.3 is 15.0 Å². The highest BCUT2D eigenvalue weighted by atomic mass is 35.5. The van der Waals surface area contributed by atoms with E-state index in [0.29, 0.717) is 13.2 Å². The number of nitrogens with zero attached hydrogens (tertiary/aromatic N) is 4. The van der Waals surface area contributed by atoms with Crippen LogP contribution >= 0.6 is 11.6 Å². The molecule has 2 aliphatic rings. The third-order valence-corrected chi connectivity index (χ3v) is 6.49. The minimum atomic E-state index is -0.0179. The number of benzene rings is 2.